The number of nitrogens with zero attached hydrogens (tertiary/aromatic N) is 3. The van der Waals surface area contributed by atoms with Crippen molar-refractivity contribution < 1.29 is 19.5 Å². The molecule has 1 aromatic rings. The number of β-amino-alcohol motifs (C(OH)–C–C–N with tert-alkyl or cyclic N) is 1. The van der Waals surface area contributed by atoms with Crippen LogP contribution in [0.25, 0.3) is 0 Å². The summed E-state index contributed by atoms with van der Waals surface area (Å²) in [6.07, 6.45) is 0.612. The fraction of sp³-hybridized carbons (Fsp3) is 0.667. The minimum atomic E-state index is -0.193. The molecule has 3 aliphatic rings. The summed E-state index contributed by atoms with van der Waals surface area (Å²) < 4.78 is 0. The highest BCUT2D eigenvalue weighted by Crippen LogP contribution is 2.69. The molecule has 0 aromatic carbocycles. The highest BCUT2D eigenvalue weighted by atomic mass is 32.1. The zero-order chi connectivity index (χ0) is 21.3. The molecule has 2 aliphatic heterocycles. The molecule has 0 bridgehead atoms. The van der Waals surface area contributed by atoms with E-state index in [1.807, 2.05) is 4.90 Å². The average Bonchev–Trinajstić information content (AvgIpc) is 2.93. The third-order valence-corrected chi connectivity index (χ3v) is 8.66. The lowest BCUT2D eigenvalue weighted by Gasteiger charge is -2.28. The SMILES string of the molecule is CN1CC(=O)N(CCO)c2sc3c(c2C1=O)CCN(C(=O)C1C(C)(C)C1(C)C)C3. The van der Waals surface area contributed by atoms with Gasteiger partial charge in [-0.05, 0) is 22.8 Å². The number of thiophene rings is 1. The van der Waals surface area contributed by atoms with E-state index in [4.69, 9.17) is 0 Å². The molecule has 1 fully saturated rings. The van der Waals surface area contributed by atoms with Crippen LogP contribution in [0.1, 0.15) is 48.5 Å². The molecule has 0 unspecified atom stereocenters. The van der Waals surface area contributed by atoms with Crippen molar-refractivity contribution in [2.45, 2.75) is 40.7 Å². The van der Waals surface area contributed by atoms with Crippen LogP contribution in [-0.4, -0.2) is 65.9 Å². The third kappa shape index (κ3) is 2.83. The van der Waals surface area contributed by atoms with Gasteiger partial charge in [0.2, 0.25) is 11.8 Å². The first-order chi connectivity index (χ1) is 13.5. The predicted octanol–water partition coefficient (Wildman–Crippen LogP) is 1.73. The first kappa shape index (κ1) is 20.3. The highest BCUT2D eigenvalue weighted by Gasteiger charge is 2.68. The second-order valence-corrected chi connectivity index (χ2v) is 10.6. The quantitative estimate of drug-likeness (QED) is 0.809. The molecule has 7 nitrogen and oxygen atoms in total. The van der Waals surface area contributed by atoms with Gasteiger partial charge < -0.3 is 14.9 Å². The number of fused-ring (bicyclic) bond motifs is 3. The van der Waals surface area contributed by atoms with Crippen LogP contribution in [0, 0.1) is 16.7 Å². The largest absolute Gasteiger partial charge is 0.395 e. The number of anilines is 1. The zero-order valence-corrected chi connectivity index (χ0v) is 18.6. The van der Waals surface area contributed by atoms with Gasteiger partial charge >= 0.3 is 0 Å². The van der Waals surface area contributed by atoms with E-state index in [1.54, 1.807) is 7.05 Å². The van der Waals surface area contributed by atoms with Crippen LogP contribution in [0.3, 0.4) is 0 Å². The molecule has 1 aliphatic carbocycles. The zero-order valence-electron chi connectivity index (χ0n) is 17.7. The van der Waals surface area contributed by atoms with E-state index >= 15 is 0 Å². The van der Waals surface area contributed by atoms with Crippen LogP contribution in [0.15, 0.2) is 0 Å². The third-order valence-electron chi connectivity index (χ3n) is 7.42. The smallest absolute Gasteiger partial charge is 0.257 e. The molecule has 0 spiro atoms. The molecule has 1 N–H and O–H groups in total. The van der Waals surface area contributed by atoms with Crippen molar-refractivity contribution in [1.29, 1.82) is 0 Å². The lowest BCUT2D eigenvalue weighted by molar-refractivity contribution is -0.134. The number of hydrogen-bond acceptors (Lipinski definition) is 5. The van der Waals surface area contributed by atoms with Crippen LogP contribution >= 0.6 is 11.3 Å². The fourth-order valence-electron chi connectivity index (χ4n) is 4.97. The normalized spacial score (nSPS) is 23.0. The van der Waals surface area contributed by atoms with E-state index in [2.05, 4.69) is 27.7 Å². The van der Waals surface area contributed by atoms with Crippen molar-refractivity contribution in [3.63, 3.8) is 0 Å². The van der Waals surface area contributed by atoms with Crippen LogP contribution in [0.5, 0.6) is 0 Å². The first-order valence-corrected chi connectivity index (χ1v) is 10.9. The Labute approximate surface area is 175 Å². The maximum Gasteiger partial charge on any atom is 0.257 e. The summed E-state index contributed by atoms with van der Waals surface area (Å²) in [5.74, 6) is -0.160. The number of aliphatic hydroxyl groups is 1. The van der Waals surface area contributed by atoms with Gasteiger partial charge in [0.05, 0.1) is 18.7 Å². The molecule has 29 heavy (non-hydrogen) atoms. The second kappa shape index (κ2) is 6.54. The van der Waals surface area contributed by atoms with E-state index in [9.17, 15) is 19.5 Å². The molecule has 1 aromatic heterocycles. The Kier molecular flexibility index (Phi) is 4.59. The van der Waals surface area contributed by atoms with Gasteiger partial charge in [0, 0.05) is 30.9 Å². The average molecular weight is 420 g/mol. The minimum Gasteiger partial charge on any atom is -0.395 e. The summed E-state index contributed by atoms with van der Waals surface area (Å²) in [4.78, 5) is 44.6. The van der Waals surface area contributed by atoms with Crippen LogP contribution in [0.2, 0.25) is 0 Å². The molecule has 0 atom stereocenters. The van der Waals surface area contributed by atoms with Crippen molar-refractivity contribution in [3.05, 3.63) is 16.0 Å². The van der Waals surface area contributed by atoms with Crippen LogP contribution in [0.4, 0.5) is 5.00 Å². The maximum absolute atomic E-state index is 13.2. The number of carbonyl (C=O) groups excluding carboxylic acids is 3. The summed E-state index contributed by atoms with van der Waals surface area (Å²) in [7, 11) is 1.63. The molecule has 158 valence electrons. The van der Waals surface area contributed by atoms with Gasteiger partial charge in [0.1, 0.15) is 11.5 Å². The Morgan fingerprint density at radius 1 is 1.17 bits per heavy atom. The van der Waals surface area contributed by atoms with Gasteiger partial charge in [0.25, 0.3) is 5.91 Å². The van der Waals surface area contributed by atoms with Crippen molar-refractivity contribution in [2.24, 2.45) is 16.7 Å². The van der Waals surface area contributed by atoms with Crippen LogP contribution in [-0.2, 0) is 22.6 Å². The van der Waals surface area contributed by atoms with Gasteiger partial charge in [0.15, 0.2) is 0 Å². The molecule has 0 saturated heterocycles. The summed E-state index contributed by atoms with van der Waals surface area (Å²) >= 11 is 1.41. The molecular formula is C21H29N3O4S. The van der Waals surface area contributed by atoms with Gasteiger partial charge in [-0.2, -0.15) is 0 Å². The molecule has 3 heterocycles. The number of hydrogen-bond donors (Lipinski definition) is 1. The van der Waals surface area contributed by atoms with E-state index in [1.165, 1.54) is 21.1 Å². The molecule has 4 rings (SSSR count). The second-order valence-electron chi connectivity index (χ2n) is 9.50. The molecular weight excluding hydrogens is 390 g/mol. The summed E-state index contributed by atoms with van der Waals surface area (Å²) in [5.41, 5.74) is 1.50. The molecule has 1 saturated carbocycles. The maximum atomic E-state index is 13.2. The van der Waals surface area contributed by atoms with Gasteiger partial charge in [-0.15, -0.1) is 11.3 Å². The van der Waals surface area contributed by atoms with E-state index in [0.29, 0.717) is 30.1 Å². The Morgan fingerprint density at radius 2 is 1.83 bits per heavy atom. The number of carbonyl (C=O) groups is 3. The minimum absolute atomic E-state index is 0.00542. The van der Waals surface area contributed by atoms with Crippen molar-refractivity contribution in [1.82, 2.24) is 9.80 Å². The molecule has 0 radical (unpaired) electrons. The highest BCUT2D eigenvalue weighted by molar-refractivity contribution is 7.17. The Balaban J connectivity index is 1.67. The van der Waals surface area contributed by atoms with Gasteiger partial charge in [-0.25, -0.2) is 0 Å². The fourth-order valence-corrected chi connectivity index (χ4v) is 6.37. The summed E-state index contributed by atoms with van der Waals surface area (Å²) in [6, 6.07) is 0. The number of rotatable bonds is 3. The number of aliphatic hydroxyl groups excluding tert-OH is 1. The number of amides is 3. The van der Waals surface area contributed by atoms with E-state index in [0.717, 1.165) is 10.4 Å². The van der Waals surface area contributed by atoms with Crippen LogP contribution < -0.4 is 4.90 Å². The summed E-state index contributed by atoms with van der Waals surface area (Å²) in [6.45, 7) is 9.65. The Morgan fingerprint density at radius 3 is 2.41 bits per heavy atom. The summed E-state index contributed by atoms with van der Waals surface area (Å²) in [5, 5.41) is 10.0. The topological polar surface area (TPSA) is 81.2 Å². The Hall–Kier alpha value is -1.93. The van der Waals surface area contributed by atoms with E-state index < -0.39 is 0 Å². The van der Waals surface area contributed by atoms with E-state index in [-0.39, 0.29) is 54.2 Å². The van der Waals surface area contributed by atoms with Gasteiger partial charge in [-0.3, -0.25) is 19.3 Å². The predicted molar refractivity (Wildman–Crippen MR) is 111 cm³/mol. The van der Waals surface area contributed by atoms with Crippen molar-refractivity contribution >= 4 is 34.1 Å². The monoisotopic (exact) mass is 419 g/mol. The molecule has 3 amide bonds. The Bertz CT molecular complexity index is 890. The lowest BCUT2D eigenvalue weighted by atomic mass is 10.0. The number of likely N-dealkylation sites (N-methyl/N-ethyl adjacent to an activating group) is 1. The van der Waals surface area contributed by atoms with Gasteiger partial charge in [-0.1, -0.05) is 27.7 Å². The van der Waals surface area contributed by atoms with Crippen molar-refractivity contribution in [2.75, 3.05) is 38.2 Å². The standard InChI is InChI=1S/C21H29N3O4S/c1-20(2)16(21(20,3)4)18(28)23-7-6-12-13(10-23)29-19-15(12)17(27)22(5)11-14(26)24(19)8-9-25/h16,25H,6-11H2,1-5H3. The van der Waals surface area contributed by atoms with Crippen molar-refractivity contribution in [3.8, 4) is 0 Å². The first-order valence-electron chi connectivity index (χ1n) is 10.1. The lowest BCUT2D eigenvalue weighted by Crippen LogP contribution is -2.39. The molecule has 8 heteroatoms.